The third-order valence-corrected chi connectivity index (χ3v) is 4.73. The molecule has 1 aromatic rings. The first kappa shape index (κ1) is 16.2. The van der Waals surface area contributed by atoms with Gasteiger partial charge in [-0.3, -0.25) is 4.79 Å². The van der Waals surface area contributed by atoms with E-state index in [0.717, 1.165) is 56.2 Å². The molecule has 1 aromatic heterocycles. The molecule has 126 valence electrons. The van der Waals surface area contributed by atoms with E-state index in [2.05, 4.69) is 25.5 Å². The van der Waals surface area contributed by atoms with Crippen LogP contribution in [0.2, 0.25) is 0 Å². The topological polar surface area (TPSA) is 70.2 Å². The highest BCUT2D eigenvalue weighted by Crippen LogP contribution is 2.19. The van der Waals surface area contributed by atoms with Gasteiger partial charge in [-0.25, -0.2) is 9.97 Å². The quantitative estimate of drug-likeness (QED) is 0.876. The number of aromatic nitrogens is 2. The van der Waals surface area contributed by atoms with E-state index in [1.807, 2.05) is 19.9 Å². The lowest BCUT2D eigenvalue weighted by molar-refractivity contribution is -0.122. The predicted molar refractivity (Wildman–Crippen MR) is 90.5 cm³/mol. The Morgan fingerprint density at radius 3 is 2.74 bits per heavy atom. The molecule has 0 spiro atoms. The lowest BCUT2D eigenvalue weighted by Gasteiger charge is -2.33. The van der Waals surface area contributed by atoms with E-state index >= 15 is 0 Å². The molecule has 1 amide bonds. The zero-order valence-electron chi connectivity index (χ0n) is 14.1. The molecular formula is C17H27N5O. The fraction of sp³-hybridized carbons (Fsp3) is 0.706. The smallest absolute Gasteiger partial charge is 0.221 e. The molecule has 1 unspecified atom stereocenters. The first-order valence-corrected chi connectivity index (χ1v) is 8.70. The van der Waals surface area contributed by atoms with Crippen LogP contribution in [0.3, 0.4) is 0 Å². The average molecular weight is 317 g/mol. The van der Waals surface area contributed by atoms with E-state index in [0.29, 0.717) is 18.5 Å². The van der Waals surface area contributed by atoms with Crippen LogP contribution in [0.15, 0.2) is 6.07 Å². The summed E-state index contributed by atoms with van der Waals surface area (Å²) in [5.74, 6) is 2.02. The Bertz CT molecular complexity index is 528. The molecule has 0 aliphatic carbocycles. The summed E-state index contributed by atoms with van der Waals surface area (Å²) in [4.78, 5) is 23.3. The van der Waals surface area contributed by atoms with E-state index < -0.39 is 0 Å². The Morgan fingerprint density at radius 1 is 1.30 bits per heavy atom. The van der Waals surface area contributed by atoms with Crippen LogP contribution in [-0.2, 0) is 4.79 Å². The molecular weight excluding hydrogens is 290 g/mol. The van der Waals surface area contributed by atoms with Crippen molar-refractivity contribution in [3.63, 3.8) is 0 Å². The molecule has 2 aliphatic heterocycles. The van der Waals surface area contributed by atoms with Crippen molar-refractivity contribution in [2.75, 3.05) is 24.5 Å². The third-order valence-electron chi connectivity index (χ3n) is 4.73. The number of nitrogens with one attached hydrogen (secondary N) is 2. The molecule has 0 radical (unpaired) electrons. The van der Waals surface area contributed by atoms with Crippen LogP contribution in [0.4, 0.5) is 5.82 Å². The summed E-state index contributed by atoms with van der Waals surface area (Å²) in [7, 11) is 0. The Labute approximate surface area is 138 Å². The molecule has 1 atom stereocenters. The molecule has 0 bridgehead atoms. The normalized spacial score (nSPS) is 22.3. The summed E-state index contributed by atoms with van der Waals surface area (Å²) < 4.78 is 0. The maximum Gasteiger partial charge on any atom is 0.221 e. The minimum absolute atomic E-state index is 0.191. The number of nitrogens with zero attached hydrogens (tertiary/aromatic N) is 3. The molecule has 2 saturated heterocycles. The van der Waals surface area contributed by atoms with Crippen LogP contribution in [-0.4, -0.2) is 47.6 Å². The van der Waals surface area contributed by atoms with Gasteiger partial charge in [0.25, 0.3) is 0 Å². The van der Waals surface area contributed by atoms with Gasteiger partial charge in [-0.05, 0) is 46.1 Å². The second kappa shape index (κ2) is 7.25. The van der Waals surface area contributed by atoms with Crippen molar-refractivity contribution >= 4 is 11.7 Å². The summed E-state index contributed by atoms with van der Waals surface area (Å²) >= 11 is 0. The summed E-state index contributed by atoms with van der Waals surface area (Å²) in [5.41, 5.74) is 1.01. The van der Waals surface area contributed by atoms with Crippen molar-refractivity contribution in [2.45, 2.75) is 58.0 Å². The van der Waals surface area contributed by atoms with Crippen LogP contribution >= 0.6 is 0 Å². The third kappa shape index (κ3) is 4.41. The highest BCUT2D eigenvalue weighted by atomic mass is 16.1. The molecule has 3 heterocycles. The van der Waals surface area contributed by atoms with Gasteiger partial charge >= 0.3 is 0 Å². The molecule has 3 rings (SSSR count). The predicted octanol–water partition coefficient (Wildman–Crippen LogP) is 1.32. The largest absolute Gasteiger partial charge is 0.356 e. The van der Waals surface area contributed by atoms with Gasteiger partial charge in [0.2, 0.25) is 5.91 Å². The second-order valence-corrected chi connectivity index (χ2v) is 6.74. The summed E-state index contributed by atoms with van der Waals surface area (Å²) in [6.07, 6.45) is 4.88. The van der Waals surface area contributed by atoms with Crippen molar-refractivity contribution in [2.24, 2.45) is 0 Å². The molecule has 2 N–H and O–H groups in total. The van der Waals surface area contributed by atoms with Crippen LogP contribution < -0.4 is 15.5 Å². The molecule has 6 heteroatoms. The van der Waals surface area contributed by atoms with E-state index in [1.165, 1.54) is 6.42 Å². The highest BCUT2D eigenvalue weighted by Gasteiger charge is 2.24. The maximum absolute atomic E-state index is 12.1. The lowest BCUT2D eigenvalue weighted by Crippen LogP contribution is -2.46. The zero-order valence-corrected chi connectivity index (χ0v) is 14.1. The van der Waals surface area contributed by atoms with Crippen molar-refractivity contribution in [3.8, 4) is 0 Å². The van der Waals surface area contributed by atoms with Crippen LogP contribution in [0.5, 0.6) is 0 Å². The minimum Gasteiger partial charge on any atom is -0.356 e. The molecule has 2 fully saturated rings. The fourth-order valence-corrected chi connectivity index (χ4v) is 3.55. The van der Waals surface area contributed by atoms with Gasteiger partial charge in [0.05, 0.1) is 0 Å². The van der Waals surface area contributed by atoms with Gasteiger partial charge in [0.1, 0.15) is 11.6 Å². The van der Waals surface area contributed by atoms with Gasteiger partial charge in [-0.15, -0.1) is 0 Å². The highest BCUT2D eigenvalue weighted by molar-refractivity contribution is 5.77. The van der Waals surface area contributed by atoms with Gasteiger partial charge in [-0.1, -0.05) is 0 Å². The molecule has 0 aromatic carbocycles. The van der Waals surface area contributed by atoms with Crippen molar-refractivity contribution in [3.05, 3.63) is 17.6 Å². The van der Waals surface area contributed by atoms with E-state index in [9.17, 15) is 4.79 Å². The number of hydrogen-bond acceptors (Lipinski definition) is 5. The maximum atomic E-state index is 12.1. The number of piperidine rings is 1. The van der Waals surface area contributed by atoms with E-state index in [-0.39, 0.29) is 5.91 Å². The van der Waals surface area contributed by atoms with Crippen molar-refractivity contribution in [1.82, 2.24) is 20.6 Å². The Hall–Kier alpha value is -1.69. The van der Waals surface area contributed by atoms with Crippen LogP contribution in [0.25, 0.3) is 0 Å². The number of anilines is 1. The van der Waals surface area contributed by atoms with Gasteiger partial charge in [0.15, 0.2) is 0 Å². The first-order valence-electron chi connectivity index (χ1n) is 8.70. The number of aryl methyl sites for hydroxylation is 2. The van der Waals surface area contributed by atoms with E-state index in [4.69, 9.17) is 0 Å². The number of rotatable bonds is 4. The van der Waals surface area contributed by atoms with Crippen LogP contribution in [0.1, 0.15) is 43.6 Å². The summed E-state index contributed by atoms with van der Waals surface area (Å²) in [5, 5.41) is 6.58. The fourth-order valence-electron chi connectivity index (χ4n) is 3.55. The van der Waals surface area contributed by atoms with Gasteiger partial charge in [-0.2, -0.15) is 0 Å². The number of amides is 1. The molecule has 2 aliphatic rings. The Kier molecular flexibility index (Phi) is 5.10. The minimum atomic E-state index is 0.191. The summed E-state index contributed by atoms with van der Waals surface area (Å²) in [6, 6.07) is 2.71. The summed E-state index contributed by atoms with van der Waals surface area (Å²) in [6.45, 7) is 6.85. The monoisotopic (exact) mass is 317 g/mol. The Balaban J connectivity index is 1.47. The molecule has 6 nitrogen and oxygen atoms in total. The van der Waals surface area contributed by atoms with Crippen molar-refractivity contribution < 1.29 is 4.79 Å². The van der Waals surface area contributed by atoms with Gasteiger partial charge in [0, 0.05) is 43.4 Å². The number of carbonyl (C=O) groups excluding carboxylic acids is 1. The van der Waals surface area contributed by atoms with Crippen LogP contribution in [0, 0.1) is 13.8 Å². The lowest BCUT2D eigenvalue weighted by atomic mass is 10.0. The SMILES string of the molecule is Cc1cc(N2CCC(NC(=O)CC3CCCN3)CC2)nc(C)n1. The molecule has 23 heavy (non-hydrogen) atoms. The van der Waals surface area contributed by atoms with E-state index in [1.54, 1.807) is 0 Å². The first-order chi connectivity index (χ1) is 11.1. The number of hydrogen-bond donors (Lipinski definition) is 2. The average Bonchev–Trinajstić information content (AvgIpc) is 2.99. The Morgan fingerprint density at radius 2 is 2.09 bits per heavy atom. The van der Waals surface area contributed by atoms with Crippen molar-refractivity contribution in [1.29, 1.82) is 0 Å². The molecule has 0 saturated carbocycles. The standard InChI is InChI=1S/C17H27N5O/c1-12-10-16(20-13(2)19-12)22-8-5-14(6-9-22)21-17(23)11-15-4-3-7-18-15/h10,14-15,18H,3-9,11H2,1-2H3,(H,21,23). The number of carbonyl (C=O) groups is 1. The zero-order chi connectivity index (χ0) is 16.2. The second-order valence-electron chi connectivity index (χ2n) is 6.74. The van der Waals surface area contributed by atoms with Gasteiger partial charge < -0.3 is 15.5 Å².